The van der Waals surface area contributed by atoms with Crippen molar-refractivity contribution in [3.8, 4) is 0 Å². The molecule has 0 spiro atoms. The molecule has 1 atom stereocenters. The van der Waals surface area contributed by atoms with Gasteiger partial charge in [0.25, 0.3) is 11.8 Å². The maximum Gasteiger partial charge on any atom is 0.261 e. The van der Waals surface area contributed by atoms with Gasteiger partial charge in [-0.15, -0.1) is 11.3 Å². The molecule has 3 heterocycles. The molecule has 0 bridgehead atoms. The maximum atomic E-state index is 13.0. The molecular formula is C24H23N3O3S. The third kappa shape index (κ3) is 3.53. The van der Waals surface area contributed by atoms with Crippen LogP contribution in [0.1, 0.15) is 63.0 Å². The molecule has 0 N–H and O–H groups in total. The Bertz CT molecular complexity index is 1170. The van der Waals surface area contributed by atoms with E-state index in [4.69, 9.17) is 4.98 Å². The number of para-hydroxylation sites is 1. The number of nitrogens with zero attached hydrogens (tertiary/aromatic N) is 3. The van der Waals surface area contributed by atoms with Crippen LogP contribution in [-0.2, 0) is 4.79 Å². The van der Waals surface area contributed by atoms with Crippen LogP contribution in [0.4, 0.5) is 0 Å². The van der Waals surface area contributed by atoms with Crippen LogP contribution >= 0.6 is 11.3 Å². The minimum Gasteiger partial charge on any atom is -0.333 e. The number of carbonyl (C=O) groups excluding carboxylic acids is 3. The quantitative estimate of drug-likeness (QED) is 0.561. The van der Waals surface area contributed by atoms with E-state index < -0.39 is 0 Å². The van der Waals surface area contributed by atoms with Crippen molar-refractivity contribution < 1.29 is 14.4 Å². The van der Waals surface area contributed by atoms with Crippen molar-refractivity contribution in [3.63, 3.8) is 0 Å². The lowest BCUT2D eigenvalue weighted by molar-refractivity contribution is -0.132. The van der Waals surface area contributed by atoms with Gasteiger partial charge in [0.05, 0.1) is 27.4 Å². The number of rotatable bonds is 5. The molecule has 158 valence electrons. The summed E-state index contributed by atoms with van der Waals surface area (Å²) in [7, 11) is 0. The molecule has 0 saturated carbocycles. The van der Waals surface area contributed by atoms with Crippen molar-refractivity contribution in [1.82, 2.24) is 14.8 Å². The fourth-order valence-corrected chi connectivity index (χ4v) is 5.61. The van der Waals surface area contributed by atoms with E-state index >= 15 is 0 Å². The maximum absolute atomic E-state index is 13.0. The number of imide groups is 1. The molecule has 2 aromatic carbocycles. The van der Waals surface area contributed by atoms with E-state index in [2.05, 4.69) is 6.07 Å². The Labute approximate surface area is 184 Å². The Balaban J connectivity index is 1.22. The summed E-state index contributed by atoms with van der Waals surface area (Å²) in [5, 5.41) is 0.989. The van der Waals surface area contributed by atoms with Crippen LogP contribution in [0.2, 0.25) is 0 Å². The van der Waals surface area contributed by atoms with Gasteiger partial charge in [-0.2, -0.15) is 0 Å². The van der Waals surface area contributed by atoms with Crippen molar-refractivity contribution >= 4 is 39.3 Å². The van der Waals surface area contributed by atoms with Gasteiger partial charge in [-0.1, -0.05) is 23.8 Å². The van der Waals surface area contributed by atoms with E-state index in [1.54, 1.807) is 23.5 Å². The van der Waals surface area contributed by atoms with Gasteiger partial charge in [-0.3, -0.25) is 19.3 Å². The third-order valence-electron chi connectivity index (χ3n) is 6.07. The standard InChI is InChI=1S/C24H23N3O3S/c1-15-10-11-16-17(14-15)24(30)27(23(16)29)13-5-9-21(28)26-12-4-7-19(26)22-25-18-6-2-3-8-20(18)31-22/h2-3,6,8,10-11,14,19H,4-5,7,9,12-13H2,1H3/t19-/m1/s1. The highest BCUT2D eigenvalue weighted by Gasteiger charge is 2.36. The molecule has 0 radical (unpaired) electrons. The predicted molar refractivity (Wildman–Crippen MR) is 119 cm³/mol. The number of aryl methyl sites for hydroxylation is 1. The van der Waals surface area contributed by atoms with Gasteiger partial charge < -0.3 is 4.90 Å². The summed E-state index contributed by atoms with van der Waals surface area (Å²) >= 11 is 1.65. The summed E-state index contributed by atoms with van der Waals surface area (Å²) in [4.78, 5) is 46.1. The van der Waals surface area contributed by atoms with E-state index in [0.29, 0.717) is 24.0 Å². The second-order valence-corrected chi connectivity index (χ2v) is 9.24. The lowest BCUT2D eigenvalue weighted by Crippen LogP contribution is -2.33. The second-order valence-electron chi connectivity index (χ2n) is 8.18. The first-order chi connectivity index (χ1) is 15.0. The zero-order valence-electron chi connectivity index (χ0n) is 17.3. The number of aromatic nitrogens is 1. The molecule has 1 fully saturated rings. The van der Waals surface area contributed by atoms with Crippen molar-refractivity contribution in [3.05, 3.63) is 64.2 Å². The first-order valence-corrected chi connectivity index (χ1v) is 11.5. The summed E-state index contributed by atoms with van der Waals surface area (Å²) in [5.74, 6) is -0.458. The highest BCUT2D eigenvalue weighted by molar-refractivity contribution is 7.18. The highest BCUT2D eigenvalue weighted by atomic mass is 32.1. The number of carbonyl (C=O) groups is 3. The molecule has 5 rings (SSSR count). The highest BCUT2D eigenvalue weighted by Crippen LogP contribution is 2.37. The fourth-order valence-electron chi connectivity index (χ4n) is 4.49. The average molecular weight is 434 g/mol. The molecule has 0 aliphatic carbocycles. The van der Waals surface area contributed by atoms with Gasteiger partial charge in [-0.05, 0) is 50.5 Å². The molecule has 31 heavy (non-hydrogen) atoms. The molecule has 7 heteroatoms. The summed E-state index contributed by atoms with van der Waals surface area (Å²) in [6.45, 7) is 2.89. The molecule has 0 unspecified atom stereocenters. The first kappa shape index (κ1) is 19.9. The van der Waals surface area contributed by atoms with Gasteiger partial charge in [-0.25, -0.2) is 4.98 Å². The van der Waals surface area contributed by atoms with Gasteiger partial charge in [0.15, 0.2) is 0 Å². The minimum atomic E-state index is -0.263. The monoisotopic (exact) mass is 433 g/mol. The number of likely N-dealkylation sites (tertiary alicyclic amines) is 1. The number of hydrogen-bond donors (Lipinski definition) is 0. The lowest BCUT2D eigenvalue weighted by atomic mass is 10.1. The Kier molecular flexibility index (Phi) is 5.06. The van der Waals surface area contributed by atoms with Crippen LogP contribution in [-0.4, -0.2) is 45.6 Å². The zero-order chi connectivity index (χ0) is 21.5. The number of benzene rings is 2. The lowest BCUT2D eigenvalue weighted by Gasteiger charge is -2.23. The number of amides is 3. The summed E-state index contributed by atoms with van der Waals surface area (Å²) in [6.07, 6.45) is 2.66. The van der Waals surface area contributed by atoms with Gasteiger partial charge >= 0.3 is 0 Å². The fraction of sp³-hybridized carbons (Fsp3) is 0.333. The summed E-state index contributed by atoms with van der Waals surface area (Å²) < 4.78 is 1.14. The molecular weight excluding hydrogens is 410 g/mol. The van der Waals surface area contributed by atoms with E-state index in [-0.39, 0.29) is 30.3 Å². The Morgan fingerprint density at radius 3 is 2.77 bits per heavy atom. The van der Waals surface area contributed by atoms with Crippen LogP contribution in [0.25, 0.3) is 10.2 Å². The number of thiazole rings is 1. The molecule has 2 aliphatic heterocycles. The van der Waals surface area contributed by atoms with E-state index in [1.807, 2.05) is 36.1 Å². The van der Waals surface area contributed by atoms with E-state index in [9.17, 15) is 14.4 Å². The second kappa shape index (κ2) is 7.89. The number of fused-ring (bicyclic) bond motifs is 2. The van der Waals surface area contributed by atoms with Gasteiger partial charge in [0, 0.05) is 19.5 Å². The Morgan fingerprint density at radius 2 is 1.94 bits per heavy atom. The van der Waals surface area contributed by atoms with Crippen molar-refractivity contribution in [2.24, 2.45) is 0 Å². The van der Waals surface area contributed by atoms with Crippen LogP contribution in [0.3, 0.4) is 0 Å². The SMILES string of the molecule is Cc1ccc2c(c1)C(=O)N(CCCC(=O)N1CCC[C@@H]1c1nc3ccccc3s1)C2=O. The summed E-state index contributed by atoms with van der Waals surface area (Å²) in [5.41, 5.74) is 2.85. The minimum absolute atomic E-state index is 0.0205. The topological polar surface area (TPSA) is 70.6 Å². The molecule has 2 aliphatic rings. The van der Waals surface area contributed by atoms with Crippen molar-refractivity contribution in [2.75, 3.05) is 13.1 Å². The smallest absolute Gasteiger partial charge is 0.261 e. The van der Waals surface area contributed by atoms with Crippen molar-refractivity contribution in [2.45, 2.75) is 38.6 Å². The number of hydrogen-bond acceptors (Lipinski definition) is 5. The first-order valence-electron chi connectivity index (χ1n) is 10.6. The molecule has 3 amide bonds. The predicted octanol–water partition coefficient (Wildman–Crippen LogP) is 4.34. The average Bonchev–Trinajstić information content (AvgIpc) is 3.46. The molecule has 1 saturated heterocycles. The van der Waals surface area contributed by atoms with Crippen LogP contribution in [0.5, 0.6) is 0 Å². The van der Waals surface area contributed by atoms with Crippen LogP contribution in [0, 0.1) is 6.92 Å². The largest absolute Gasteiger partial charge is 0.333 e. The Hall–Kier alpha value is -3.06. The van der Waals surface area contributed by atoms with Gasteiger partial charge in [0.1, 0.15) is 5.01 Å². The molecule has 1 aromatic heterocycles. The Morgan fingerprint density at radius 1 is 1.13 bits per heavy atom. The van der Waals surface area contributed by atoms with Crippen LogP contribution in [0.15, 0.2) is 42.5 Å². The summed E-state index contributed by atoms with van der Waals surface area (Å²) in [6, 6.07) is 13.4. The third-order valence-corrected chi connectivity index (χ3v) is 7.20. The molecule has 3 aromatic rings. The molecule has 6 nitrogen and oxygen atoms in total. The zero-order valence-corrected chi connectivity index (χ0v) is 18.2. The van der Waals surface area contributed by atoms with Crippen molar-refractivity contribution in [1.29, 1.82) is 0 Å². The van der Waals surface area contributed by atoms with Crippen LogP contribution < -0.4 is 0 Å². The van der Waals surface area contributed by atoms with E-state index in [1.165, 1.54) is 4.90 Å². The van der Waals surface area contributed by atoms with E-state index in [0.717, 1.165) is 40.2 Å². The van der Waals surface area contributed by atoms with Gasteiger partial charge in [0.2, 0.25) is 5.91 Å². The normalized spacial score (nSPS) is 18.3.